The molecule has 0 fully saturated rings. The highest BCUT2D eigenvalue weighted by molar-refractivity contribution is 7.98. The Morgan fingerprint density at radius 2 is 1.88 bits per heavy atom. The monoisotopic (exact) mass is 382 g/mol. The van der Waals surface area contributed by atoms with Crippen LogP contribution in [0.5, 0.6) is 0 Å². The largest absolute Gasteiger partial charge is 0.276 e. The molecule has 0 bridgehead atoms. The molecule has 0 radical (unpaired) electrons. The number of rotatable bonds is 4. The lowest BCUT2D eigenvalue weighted by Crippen LogP contribution is -2.20. The summed E-state index contributed by atoms with van der Waals surface area (Å²) in [4.78, 5) is 17.7. The van der Waals surface area contributed by atoms with Gasteiger partial charge in [-0.05, 0) is 53.8 Å². The summed E-state index contributed by atoms with van der Waals surface area (Å²) in [5, 5.41) is 2.47. The van der Waals surface area contributed by atoms with Crippen molar-refractivity contribution in [2.24, 2.45) is 0 Å². The average Bonchev–Trinajstić information content (AvgIpc) is 3.11. The van der Waals surface area contributed by atoms with E-state index in [2.05, 4.69) is 24.0 Å². The van der Waals surface area contributed by atoms with E-state index >= 15 is 0 Å². The summed E-state index contributed by atoms with van der Waals surface area (Å²) in [6.45, 7) is 2.07. The minimum atomic E-state index is -0.332. The predicted octanol–water partition coefficient (Wildman–Crippen LogP) is 5.19. The summed E-state index contributed by atoms with van der Waals surface area (Å²) in [6, 6.07) is 15.9. The van der Waals surface area contributed by atoms with E-state index in [1.54, 1.807) is 16.7 Å². The molecule has 0 aliphatic heterocycles. The molecular formula is C20H15FN2OS2. The molecule has 2 aromatic heterocycles. The van der Waals surface area contributed by atoms with Crippen LogP contribution >= 0.6 is 23.1 Å². The van der Waals surface area contributed by atoms with Gasteiger partial charge in [0, 0.05) is 5.75 Å². The fourth-order valence-corrected chi connectivity index (χ4v) is 4.57. The third kappa shape index (κ3) is 3.18. The van der Waals surface area contributed by atoms with Crippen LogP contribution in [0.4, 0.5) is 4.39 Å². The van der Waals surface area contributed by atoms with E-state index in [-0.39, 0.29) is 11.4 Å². The van der Waals surface area contributed by atoms with E-state index in [0.29, 0.717) is 26.8 Å². The van der Waals surface area contributed by atoms with Gasteiger partial charge in [0.25, 0.3) is 5.56 Å². The second kappa shape index (κ2) is 7.05. The number of hydrogen-bond acceptors (Lipinski definition) is 4. The predicted molar refractivity (Wildman–Crippen MR) is 106 cm³/mol. The van der Waals surface area contributed by atoms with Crippen LogP contribution in [-0.4, -0.2) is 9.55 Å². The van der Waals surface area contributed by atoms with Crippen molar-refractivity contribution in [3.63, 3.8) is 0 Å². The Morgan fingerprint density at radius 3 is 2.65 bits per heavy atom. The molecule has 130 valence electrons. The zero-order chi connectivity index (χ0) is 18.1. The van der Waals surface area contributed by atoms with Gasteiger partial charge in [-0.25, -0.2) is 9.37 Å². The van der Waals surface area contributed by atoms with Gasteiger partial charge in [-0.15, -0.1) is 11.3 Å². The molecule has 26 heavy (non-hydrogen) atoms. The van der Waals surface area contributed by atoms with Crippen molar-refractivity contribution in [3.05, 3.63) is 87.3 Å². The molecule has 0 spiro atoms. The molecule has 0 saturated carbocycles. The highest BCUT2D eigenvalue weighted by Gasteiger charge is 2.15. The normalized spacial score (nSPS) is 11.2. The topological polar surface area (TPSA) is 34.9 Å². The first kappa shape index (κ1) is 17.0. The maximum atomic E-state index is 13.3. The van der Waals surface area contributed by atoms with Crippen molar-refractivity contribution < 1.29 is 4.39 Å². The van der Waals surface area contributed by atoms with Crippen molar-refractivity contribution in [3.8, 4) is 5.69 Å². The Labute approximate surface area is 158 Å². The first-order chi connectivity index (χ1) is 12.6. The summed E-state index contributed by atoms with van der Waals surface area (Å²) in [7, 11) is 0. The molecule has 3 nitrogen and oxygen atoms in total. The van der Waals surface area contributed by atoms with Gasteiger partial charge in [-0.3, -0.25) is 9.36 Å². The van der Waals surface area contributed by atoms with Crippen LogP contribution in [-0.2, 0) is 5.75 Å². The number of fused-ring (bicyclic) bond motifs is 1. The smallest absolute Gasteiger partial charge is 0.267 e. The van der Waals surface area contributed by atoms with Crippen LogP contribution in [0.1, 0.15) is 11.1 Å². The Hall–Kier alpha value is -2.44. The number of benzene rings is 2. The Morgan fingerprint density at radius 1 is 1.12 bits per heavy atom. The summed E-state index contributed by atoms with van der Waals surface area (Å²) in [5.41, 5.74) is 3.59. The van der Waals surface area contributed by atoms with Crippen LogP contribution in [0.2, 0.25) is 0 Å². The lowest BCUT2D eigenvalue weighted by atomic mass is 10.1. The Bertz CT molecular complexity index is 1130. The molecule has 2 aromatic carbocycles. The average molecular weight is 382 g/mol. The van der Waals surface area contributed by atoms with E-state index in [1.807, 2.05) is 23.6 Å². The number of nitrogens with zero attached hydrogens (tertiary/aromatic N) is 2. The van der Waals surface area contributed by atoms with Crippen LogP contribution in [0.25, 0.3) is 15.9 Å². The minimum Gasteiger partial charge on any atom is -0.267 e. The first-order valence-corrected chi connectivity index (χ1v) is 9.93. The van der Waals surface area contributed by atoms with Gasteiger partial charge in [0.05, 0.1) is 11.2 Å². The Kier molecular flexibility index (Phi) is 4.61. The maximum Gasteiger partial charge on any atom is 0.276 e. The molecule has 4 rings (SSSR count). The van der Waals surface area contributed by atoms with Gasteiger partial charge in [0.2, 0.25) is 0 Å². The zero-order valence-electron chi connectivity index (χ0n) is 14.0. The fourth-order valence-electron chi connectivity index (χ4n) is 2.72. The molecule has 0 aliphatic carbocycles. The zero-order valence-corrected chi connectivity index (χ0v) is 15.6. The van der Waals surface area contributed by atoms with Gasteiger partial charge in [-0.2, -0.15) is 0 Å². The van der Waals surface area contributed by atoms with E-state index < -0.39 is 0 Å². The minimum absolute atomic E-state index is 0.121. The summed E-state index contributed by atoms with van der Waals surface area (Å²) in [5.74, 6) is 0.372. The molecular weight excluding hydrogens is 367 g/mol. The molecule has 0 atom stereocenters. The third-order valence-electron chi connectivity index (χ3n) is 4.15. The van der Waals surface area contributed by atoms with Crippen molar-refractivity contribution >= 4 is 33.3 Å². The molecule has 6 heteroatoms. The standard InChI is InChI=1S/C20H15FN2OS2/c1-13-4-2-3-5-14(13)12-26-20-22-17-10-11-25-18(17)19(24)23(20)16-8-6-15(21)7-9-16/h2-11H,12H2,1H3. The maximum absolute atomic E-state index is 13.3. The third-order valence-corrected chi connectivity index (χ3v) is 6.03. The van der Waals surface area contributed by atoms with E-state index in [0.717, 1.165) is 0 Å². The Balaban J connectivity index is 1.82. The first-order valence-electron chi connectivity index (χ1n) is 8.07. The van der Waals surface area contributed by atoms with Crippen LogP contribution < -0.4 is 5.56 Å². The molecule has 4 aromatic rings. The van der Waals surface area contributed by atoms with Gasteiger partial charge < -0.3 is 0 Å². The highest BCUT2D eigenvalue weighted by atomic mass is 32.2. The van der Waals surface area contributed by atoms with Gasteiger partial charge in [-0.1, -0.05) is 36.0 Å². The van der Waals surface area contributed by atoms with Gasteiger partial charge >= 0.3 is 0 Å². The van der Waals surface area contributed by atoms with Gasteiger partial charge in [0.15, 0.2) is 5.16 Å². The molecule has 0 N–H and O–H groups in total. The molecule has 0 unspecified atom stereocenters. The molecule has 2 heterocycles. The number of aryl methyl sites for hydroxylation is 1. The molecule has 0 aliphatic rings. The van der Waals surface area contributed by atoms with Crippen molar-refractivity contribution in [2.45, 2.75) is 17.8 Å². The number of aromatic nitrogens is 2. The second-order valence-electron chi connectivity index (χ2n) is 5.86. The number of thioether (sulfide) groups is 1. The highest BCUT2D eigenvalue weighted by Crippen LogP contribution is 2.27. The molecule has 0 amide bonds. The summed E-state index contributed by atoms with van der Waals surface area (Å²) < 4.78 is 15.5. The quantitative estimate of drug-likeness (QED) is 0.360. The molecule has 0 saturated heterocycles. The van der Waals surface area contributed by atoms with E-state index in [9.17, 15) is 9.18 Å². The summed E-state index contributed by atoms with van der Waals surface area (Å²) >= 11 is 2.88. The van der Waals surface area contributed by atoms with Crippen molar-refractivity contribution in [1.29, 1.82) is 0 Å². The van der Waals surface area contributed by atoms with Crippen molar-refractivity contribution in [1.82, 2.24) is 9.55 Å². The van der Waals surface area contributed by atoms with E-state index in [1.165, 1.54) is 46.4 Å². The number of halogens is 1. The van der Waals surface area contributed by atoms with Crippen LogP contribution in [0.15, 0.2) is 69.9 Å². The van der Waals surface area contributed by atoms with E-state index in [4.69, 9.17) is 0 Å². The van der Waals surface area contributed by atoms with Crippen LogP contribution in [0.3, 0.4) is 0 Å². The fraction of sp³-hybridized carbons (Fsp3) is 0.100. The summed E-state index contributed by atoms with van der Waals surface area (Å²) in [6.07, 6.45) is 0. The second-order valence-corrected chi connectivity index (χ2v) is 7.72. The lowest BCUT2D eigenvalue weighted by molar-refractivity contribution is 0.627. The van der Waals surface area contributed by atoms with Crippen molar-refractivity contribution in [2.75, 3.05) is 0 Å². The lowest BCUT2D eigenvalue weighted by Gasteiger charge is -2.12. The SMILES string of the molecule is Cc1ccccc1CSc1nc2ccsc2c(=O)n1-c1ccc(F)cc1. The number of thiophene rings is 1. The van der Waals surface area contributed by atoms with Crippen LogP contribution in [0, 0.1) is 12.7 Å². The van der Waals surface area contributed by atoms with Gasteiger partial charge in [0.1, 0.15) is 10.5 Å². The number of hydrogen-bond donors (Lipinski definition) is 0.